The zero-order chi connectivity index (χ0) is 16.0. The summed E-state index contributed by atoms with van der Waals surface area (Å²) >= 11 is 0. The van der Waals surface area contributed by atoms with Crippen molar-refractivity contribution in [2.75, 3.05) is 13.1 Å². The summed E-state index contributed by atoms with van der Waals surface area (Å²) in [6.07, 6.45) is -1.72. The van der Waals surface area contributed by atoms with Crippen LogP contribution in [-0.2, 0) is 9.59 Å². The second-order valence-corrected chi connectivity index (χ2v) is 5.62. The van der Waals surface area contributed by atoms with Gasteiger partial charge >= 0.3 is 12.1 Å². The number of carbonyl (C=O) groups excluding carboxylic acids is 1. The van der Waals surface area contributed by atoms with E-state index in [2.05, 4.69) is 0 Å². The Morgan fingerprint density at radius 3 is 2.10 bits per heavy atom. The van der Waals surface area contributed by atoms with Gasteiger partial charge in [0, 0.05) is 12.5 Å². The van der Waals surface area contributed by atoms with E-state index in [-0.39, 0.29) is 6.54 Å². The Morgan fingerprint density at radius 2 is 1.67 bits per heavy atom. The summed E-state index contributed by atoms with van der Waals surface area (Å²) in [6, 6.07) is 0. The van der Waals surface area contributed by atoms with Crippen LogP contribution in [0, 0.1) is 11.8 Å². The first-order valence-corrected chi connectivity index (χ1v) is 7.33. The smallest absolute Gasteiger partial charge is 0.406 e. The van der Waals surface area contributed by atoms with Crippen molar-refractivity contribution in [1.29, 1.82) is 0 Å². The number of hydrogen-bond acceptors (Lipinski definition) is 2. The molecule has 7 heteroatoms. The summed E-state index contributed by atoms with van der Waals surface area (Å²) < 4.78 is 37.7. The van der Waals surface area contributed by atoms with Crippen molar-refractivity contribution in [3.8, 4) is 0 Å². The number of carboxylic acids is 1. The summed E-state index contributed by atoms with van der Waals surface area (Å²) in [5, 5.41) is 8.90. The maximum atomic E-state index is 12.6. The van der Waals surface area contributed by atoms with Gasteiger partial charge in [-0.2, -0.15) is 13.2 Å². The molecular formula is C14H22F3NO3. The van der Waals surface area contributed by atoms with E-state index in [0.29, 0.717) is 38.5 Å². The number of hydrogen-bond donors (Lipinski definition) is 1. The van der Waals surface area contributed by atoms with Crippen LogP contribution >= 0.6 is 0 Å². The molecule has 21 heavy (non-hydrogen) atoms. The van der Waals surface area contributed by atoms with Gasteiger partial charge < -0.3 is 10.0 Å². The lowest BCUT2D eigenvalue weighted by Gasteiger charge is -2.31. The average Bonchev–Trinajstić information content (AvgIpc) is 2.41. The molecule has 0 unspecified atom stereocenters. The molecule has 1 fully saturated rings. The monoisotopic (exact) mass is 309 g/mol. The number of carboxylic acid groups (broad SMARTS) is 1. The van der Waals surface area contributed by atoms with E-state index < -0.39 is 36.4 Å². The summed E-state index contributed by atoms with van der Waals surface area (Å²) in [7, 11) is 0. The lowest BCUT2D eigenvalue weighted by molar-refractivity contribution is -0.165. The standard InChI is InChI=1S/C14H22F3NO3/c1-2-3-8-18(9-14(15,16)17)12(19)10-4-6-11(7-5-10)13(20)21/h10-11H,2-9H2,1H3,(H,20,21). The molecule has 1 amide bonds. The van der Waals surface area contributed by atoms with Crippen LogP contribution in [0.1, 0.15) is 45.4 Å². The third-order valence-electron chi connectivity index (χ3n) is 3.89. The molecule has 0 spiro atoms. The van der Waals surface area contributed by atoms with Crippen LogP contribution in [-0.4, -0.2) is 41.1 Å². The first-order chi connectivity index (χ1) is 9.74. The lowest BCUT2D eigenvalue weighted by Crippen LogP contribution is -2.43. The van der Waals surface area contributed by atoms with E-state index in [1.807, 2.05) is 6.92 Å². The summed E-state index contributed by atoms with van der Waals surface area (Å²) in [6.45, 7) is 0.743. The number of unbranched alkanes of at least 4 members (excludes halogenated alkanes) is 1. The number of rotatable bonds is 6. The van der Waals surface area contributed by atoms with Crippen LogP contribution in [0.3, 0.4) is 0 Å². The summed E-state index contributed by atoms with van der Waals surface area (Å²) in [5.41, 5.74) is 0. The Morgan fingerprint density at radius 1 is 1.14 bits per heavy atom. The molecular weight excluding hydrogens is 287 g/mol. The molecule has 0 aromatic carbocycles. The van der Waals surface area contributed by atoms with E-state index in [1.165, 1.54) is 0 Å². The molecule has 122 valence electrons. The second kappa shape index (κ2) is 7.66. The molecule has 1 N–H and O–H groups in total. The van der Waals surface area contributed by atoms with E-state index in [4.69, 9.17) is 5.11 Å². The number of halogens is 3. The Balaban J connectivity index is 2.61. The number of carbonyl (C=O) groups is 2. The van der Waals surface area contributed by atoms with Crippen LogP contribution in [0.15, 0.2) is 0 Å². The zero-order valence-corrected chi connectivity index (χ0v) is 12.2. The van der Waals surface area contributed by atoms with Gasteiger partial charge in [-0.3, -0.25) is 9.59 Å². The number of amides is 1. The topological polar surface area (TPSA) is 57.6 Å². The van der Waals surface area contributed by atoms with Gasteiger partial charge in [-0.1, -0.05) is 13.3 Å². The fourth-order valence-corrected chi connectivity index (χ4v) is 2.68. The average molecular weight is 309 g/mol. The van der Waals surface area contributed by atoms with Crippen LogP contribution in [0.5, 0.6) is 0 Å². The van der Waals surface area contributed by atoms with Crippen molar-refractivity contribution in [3.05, 3.63) is 0 Å². The van der Waals surface area contributed by atoms with Gasteiger partial charge in [0.15, 0.2) is 0 Å². The molecule has 0 atom stereocenters. The summed E-state index contributed by atoms with van der Waals surface area (Å²) in [4.78, 5) is 24.0. The van der Waals surface area contributed by atoms with Gasteiger partial charge in [0.1, 0.15) is 6.54 Å². The predicted octanol–water partition coefficient (Wildman–Crippen LogP) is 3.07. The molecule has 1 aliphatic rings. The summed E-state index contributed by atoms with van der Waals surface area (Å²) in [5.74, 6) is -2.32. The second-order valence-electron chi connectivity index (χ2n) is 5.62. The highest BCUT2D eigenvalue weighted by Crippen LogP contribution is 2.31. The minimum Gasteiger partial charge on any atom is -0.481 e. The largest absolute Gasteiger partial charge is 0.481 e. The van der Waals surface area contributed by atoms with E-state index in [0.717, 1.165) is 4.90 Å². The minimum atomic E-state index is -4.40. The number of aliphatic carboxylic acids is 1. The molecule has 0 heterocycles. The van der Waals surface area contributed by atoms with Crippen LogP contribution in [0.2, 0.25) is 0 Å². The van der Waals surface area contributed by atoms with E-state index in [9.17, 15) is 22.8 Å². The van der Waals surface area contributed by atoms with Crippen LogP contribution in [0.25, 0.3) is 0 Å². The van der Waals surface area contributed by atoms with Crippen molar-refractivity contribution in [3.63, 3.8) is 0 Å². The van der Waals surface area contributed by atoms with E-state index >= 15 is 0 Å². The first kappa shape index (κ1) is 17.8. The molecule has 0 bridgehead atoms. The van der Waals surface area contributed by atoms with Crippen LogP contribution < -0.4 is 0 Å². The lowest BCUT2D eigenvalue weighted by atomic mass is 9.81. The number of nitrogens with zero attached hydrogens (tertiary/aromatic N) is 1. The van der Waals surface area contributed by atoms with E-state index in [1.54, 1.807) is 0 Å². The molecule has 0 saturated heterocycles. The quantitative estimate of drug-likeness (QED) is 0.820. The predicted molar refractivity (Wildman–Crippen MR) is 70.6 cm³/mol. The van der Waals surface area contributed by atoms with Gasteiger partial charge in [0.25, 0.3) is 0 Å². The SMILES string of the molecule is CCCCN(CC(F)(F)F)C(=O)C1CCC(C(=O)O)CC1. The highest BCUT2D eigenvalue weighted by molar-refractivity contribution is 5.79. The maximum absolute atomic E-state index is 12.6. The highest BCUT2D eigenvalue weighted by Gasteiger charge is 2.37. The van der Waals surface area contributed by atoms with Gasteiger partial charge in [0.2, 0.25) is 5.91 Å². The third-order valence-corrected chi connectivity index (χ3v) is 3.89. The molecule has 0 aromatic heterocycles. The molecule has 0 aromatic rings. The zero-order valence-electron chi connectivity index (χ0n) is 12.2. The minimum absolute atomic E-state index is 0.105. The fourth-order valence-electron chi connectivity index (χ4n) is 2.68. The van der Waals surface area contributed by atoms with Crippen molar-refractivity contribution in [2.45, 2.75) is 51.6 Å². The third kappa shape index (κ3) is 5.93. The first-order valence-electron chi connectivity index (χ1n) is 7.33. The maximum Gasteiger partial charge on any atom is 0.406 e. The van der Waals surface area contributed by atoms with Crippen molar-refractivity contribution >= 4 is 11.9 Å². The van der Waals surface area contributed by atoms with Crippen molar-refractivity contribution in [1.82, 2.24) is 4.90 Å². The molecule has 1 rings (SSSR count). The Hall–Kier alpha value is -1.27. The van der Waals surface area contributed by atoms with Gasteiger partial charge in [0.05, 0.1) is 5.92 Å². The molecule has 1 saturated carbocycles. The Kier molecular flexibility index (Phi) is 6.48. The molecule has 4 nitrogen and oxygen atoms in total. The normalized spacial score (nSPS) is 22.9. The fraction of sp³-hybridized carbons (Fsp3) is 0.857. The van der Waals surface area contributed by atoms with Crippen LogP contribution in [0.4, 0.5) is 13.2 Å². The van der Waals surface area contributed by atoms with Gasteiger partial charge in [-0.25, -0.2) is 0 Å². The molecule has 0 radical (unpaired) electrons. The highest BCUT2D eigenvalue weighted by atomic mass is 19.4. The number of alkyl halides is 3. The van der Waals surface area contributed by atoms with Crippen molar-refractivity contribution in [2.24, 2.45) is 11.8 Å². The molecule has 1 aliphatic carbocycles. The Labute approximate surface area is 122 Å². The van der Waals surface area contributed by atoms with Gasteiger partial charge in [-0.05, 0) is 32.1 Å². The van der Waals surface area contributed by atoms with Gasteiger partial charge in [-0.15, -0.1) is 0 Å². The van der Waals surface area contributed by atoms with Crippen molar-refractivity contribution < 1.29 is 27.9 Å². The molecule has 0 aliphatic heterocycles. The Bertz CT molecular complexity index is 363.